The third-order valence-electron chi connectivity index (χ3n) is 3.21. The Labute approximate surface area is 111 Å². The van der Waals surface area contributed by atoms with Crippen LogP contribution in [0.4, 0.5) is 13.2 Å². The van der Waals surface area contributed by atoms with Crippen molar-refractivity contribution in [2.75, 3.05) is 4.62 Å². The molecule has 0 amide bonds. The molecule has 0 atom stereocenters. The van der Waals surface area contributed by atoms with Crippen LogP contribution in [0.1, 0.15) is 29.9 Å². The minimum atomic E-state index is -4.24. The number of halogens is 3. The van der Waals surface area contributed by atoms with Gasteiger partial charge in [-0.1, -0.05) is 0 Å². The monoisotopic (exact) mass is 352 g/mol. The molecule has 1 fully saturated rings. The van der Waals surface area contributed by atoms with Crippen LogP contribution in [-0.2, 0) is 10.9 Å². The van der Waals surface area contributed by atoms with Gasteiger partial charge in [0.25, 0.3) is 0 Å². The van der Waals surface area contributed by atoms with Crippen LogP contribution in [0, 0.1) is 0 Å². The quantitative estimate of drug-likeness (QED) is 0.760. The summed E-state index contributed by atoms with van der Waals surface area (Å²) < 4.78 is 43.5. The molecule has 1 aliphatic rings. The standard InChI is InChI=1S/C12H12F3O.Sn.3H/c1-16-11-6-9(7-11)8-2-4-10(5-3-8)12(13,14)15;;;;/h2-5,9,11H,1,6-7H2;;;;. The first-order chi connectivity index (χ1) is 8.00. The van der Waals surface area contributed by atoms with E-state index in [1.807, 2.05) is 0 Å². The van der Waals surface area contributed by atoms with Crippen LogP contribution in [-0.4, -0.2) is 33.3 Å². The van der Waals surface area contributed by atoms with Gasteiger partial charge in [-0.25, -0.2) is 0 Å². The Morgan fingerprint density at radius 3 is 2.24 bits per heavy atom. The van der Waals surface area contributed by atoms with Gasteiger partial charge in [0.15, 0.2) is 0 Å². The van der Waals surface area contributed by atoms with Crippen molar-refractivity contribution in [3.63, 3.8) is 0 Å². The van der Waals surface area contributed by atoms with Gasteiger partial charge < -0.3 is 0 Å². The summed E-state index contributed by atoms with van der Waals surface area (Å²) in [4.78, 5) is 0. The molecule has 0 aromatic heterocycles. The molecule has 2 rings (SSSR count). The molecule has 0 saturated heterocycles. The Morgan fingerprint density at radius 1 is 1.18 bits per heavy atom. The Hall–Kier alpha value is -0.231. The van der Waals surface area contributed by atoms with Gasteiger partial charge in [0.05, 0.1) is 0 Å². The Balaban J connectivity index is 1.96. The second-order valence-corrected chi connectivity index (χ2v) is 6.01. The van der Waals surface area contributed by atoms with Crippen molar-refractivity contribution in [3.8, 4) is 0 Å². The van der Waals surface area contributed by atoms with E-state index in [-0.39, 0.29) is 0 Å². The summed E-state index contributed by atoms with van der Waals surface area (Å²) in [6, 6.07) is 5.52. The van der Waals surface area contributed by atoms with Crippen LogP contribution < -0.4 is 0 Å². The number of alkyl halides is 3. The van der Waals surface area contributed by atoms with Crippen LogP contribution in [0.5, 0.6) is 0 Å². The van der Waals surface area contributed by atoms with Crippen molar-refractivity contribution in [3.05, 3.63) is 35.4 Å². The molecule has 0 heterocycles. The van der Waals surface area contributed by atoms with Gasteiger partial charge in [0.1, 0.15) is 0 Å². The third kappa shape index (κ3) is 3.16. The molecule has 0 radical (unpaired) electrons. The fourth-order valence-corrected chi connectivity index (χ4v) is 3.50. The zero-order chi connectivity index (χ0) is 12.5. The van der Waals surface area contributed by atoms with E-state index in [9.17, 15) is 13.2 Å². The van der Waals surface area contributed by atoms with Crippen LogP contribution >= 0.6 is 0 Å². The van der Waals surface area contributed by atoms with Gasteiger partial charge >= 0.3 is 111 Å². The molecule has 0 unspecified atom stereocenters. The number of hydrogen-bond donors (Lipinski definition) is 0. The van der Waals surface area contributed by atoms with E-state index >= 15 is 0 Å². The summed E-state index contributed by atoms with van der Waals surface area (Å²) in [6.07, 6.45) is -2.00. The molecule has 0 spiro atoms. The molecular weight excluding hydrogens is 336 g/mol. The second-order valence-electron chi connectivity index (χ2n) is 4.37. The Morgan fingerprint density at radius 2 is 1.76 bits per heavy atom. The number of benzene rings is 1. The Kier molecular flexibility index (Phi) is 4.02. The first-order valence-corrected chi connectivity index (χ1v) is 9.83. The maximum absolute atomic E-state index is 12.4. The molecule has 0 bridgehead atoms. The topological polar surface area (TPSA) is 9.23 Å². The van der Waals surface area contributed by atoms with Crippen molar-refractivity contribution >= 4 is 22.5 Å². The molecule has 1 saturated carbocycles. The molecule has 1 aromatic rings. The fraction of sp³-hybridized carbons (Fsp3) is 0.500. The molecule has 1 nitrogen and oxygen atoms in total. The van der Waals surface area contributed by atoms with Crippen LogP contribution in [0.3, 0.4) is 0 Å². The van der Waals surface area contributed by atoms with Crippen molar-refractivity contribution in [1.82, 2.24) is 0 Å². The predicted molar refractivity (Wildman–Crippen MR) is 63.1 cm³/mol. The summed E-state index contributed by atoms with van der Waals surface area (Å²) in [5.41, 5.74) is 0.425. The molecule has 17 heavy (non-hydrogen) atoms. The van der Waals surface area contributed by atoms with Gasteiger partial charge in [-0.3, -0.25) is 0 Å². The van der Waals surface area contributed by atoms with Crippen molar-refractivity contribution in [2.24, 2.45) is 0 Å². The summed E-state index contributed by atoms with van der Waals surface area (Å²) in [6.45, 7) is 0. The van der Waals surface area contributed by atoms with Gasteiger partial charge in [-0.15, -0.1) is 0 Å². The molecule has 1 aromatic carbocycles. The summed E-state index contributed by atoms with van der Waals surface area (Å²) in [5.74, 6) is 0.379. The maximum atomic E-state index is 12.4. The van der Waals surface area contributed by atoms with Gasteiger partial charge in [-0.2, -0.15) is 0 Å². The first kappa shape index (κ1) is 13.2. The van der Waals surface area contributed by atoms with Crippen molar-refractivity contribution in [1.29, 1.82) is 0 Å². The third-order valence-corrected chi connectivity index (χ3v) is 4.16. The van der Waals surface area contributed by atoms with Crippen molar-refractivity contribution in [2.45, 2.75) is 31.0 Å². The SMILES string of the molecule is FC(F)(F)c1ccc(C2CC(O[CH2][SnH3])C2)cc1. The molecule has 1 aliphatic carbocycles. The van der Waals surface area contributed by atoms with E-state index in [0.29, 0.717) is 34.5 Å². The van der Waals surface area contributed by atoms with E-state index in [4.69, 9.17) is 4.74 Å². The first-order valence-electron chi connectivity index (χ1n) is 5.79. The number of ether oxygens (including phenoxy) is 1. The Bertz CT molecular complexity index is 368. The fourth-order valence-electron chi connectivity index (χ4n) is 2.15. The minimum absolute atomic E-state index is 0.337. The number of rotatable bonds is 3. The molecule has 0 aliphatic heterocycles. The van der Waals surface area contributed by atoms with Gasteiger partial charge in [0, 0.05) is 0 Å². The van der Waals surface area contributed by atoms with Crippen molar-refractivity contribution < 1.29 is 17.9 Å². The van der Waals surface area contributed by atoms with E-state index in [0.717, 1.165) is 23.0 Å². The molecule has 5 heteroatoms. The zero-order valence-electron chi connectivity index (χ0n) is 9.63. The normalized spacial score (nSPS) is 24.6. The summed E-state index contributed by atoms with van der Waals surface area (Å²) in [7, 11) is 0. The van der Waals surface area contributed by atoms with E-state index in [1.54, 1.807) is 12.1 Å². The van der Waals surface area contributed by atoms with Gasteiger partial charge in [-0.05, 0) is 0 Å². The van der Waals surface area contributed by atoms with E-state index < -0.39 is 11.7 Å². The number of hydrogen-bond acceptors (Lipinski definition) is 1. The summed E-state index contributed by atoms with van der Waals surface area (Å²) in [5, 5.41) is 0. The van der Waals surface area contributed by atoms with Gasteiger partial charge in [0.2, 0.25) is 0 Å². The second kappa shape index (κ2) is 5.18. The average Bonchev–Trinajstić information content (AvgIpc) is 2.22. The average molecular weight is 351 g/mol. The predicted octanol–water partition coefficient (Wildman–Crippen LogP) is 2.29. The van der Waals surface area contributed by atoms with Crippen LogP contribution in [0.2, 0.25) is 0 Å². The zero-order valence-corrected chi connectivity index (χ0v) is 15.3. The van der Waals surface area contributed by atoms with Crippen LogP contribution in [0.25, 0.3) is 0 Å². The molecule has 94 valence electrons. The molecule has 0 N–H and O–H groups in total. The molecular formula is C12H15F3OSn. The van der Waals surface area contributed by atoms with Crippen LogP contribution in [0.15, 0.2) is 24.3 Å². The van der Waals surface area contributed by atoms with E-state index in [2.05, 4.69) is 0 Å². The summed E-state index contributed by atoms with van der Waals surface area (Å²) >= 11 is 0.567. The van der Waals surface area contributed by atoms with E-state index in [1.165, 1.54) is 12.1 Å².